The molecule has 8 heteroatoms. The molecule has 10 unspecified atom stereocenters. The second-order valence-corrected chi connectivity index (χ2v) is 13.6. The van der Waals surface area contributed by atoms with Crippen LogP contribution in [-0.4, -0.2) is 60.3 Å². The molecule has 230 valence electrons. The number of aliphatic hydroxyl groups is 2. The predicted molar refractivity (Wildman–Crippen MR) is 157 cm³/mol. The van der Waals surface area contributed by atoms with E-state index < -0.39 is 35.7 Å². The minimum atomic E-state index is -1.77. The number of ether oxygens (including phenoxy) is 4. The van der Waals surface area contributed by atoms with Crippen molar-refractivity contribution < 1.29 is 38.7 Å². The Balaban J connectivity index is 1.49. The van der Waals surface area contributed by atoms with E-state index in [2.05, 4.69) is 40.3 Å². The van der Waals surface area contributed by atoms with Crippen LogP contribution in [0.2, 0.25) is 0 Å². The largest absolute Gasteiger partial charge is 0.493 e. The van der Waals surface area contributed by atoms with Crippen molar-refractivity contribution >= 4 is 11.9 Å². The molecule has 2 N–H and O–H groups in total. The van der Waals surface area contributed by atoms with E-state index in [0.717, 1.165) is 19.3 Å². The van der Waals surface area contributed by atoms with E-state index in [4.69, 9.17) is 18.9 Å². The molecule has 0 amide bonds. The smallest absolute Gasteiger partial charge is 0.342 e. The zero-order valence-electron chi connectivity index (χ0n) is 25.9. The first-order chi connectivity index (χ1) is 19.8. The lowest BCUT2D eigenvalue weighted by atomic mass is 9.53. The lowest BCUT2D eigenvalue weighted by Gasteiger charge is -2.54. The summed E-state index contributed by atoms with van der Waals surface area (Å²) in [6.45, 7) is 14.9. The third-order valence-electron chi connectivity index (χ3n) is 11.1. The summed E-state index contributed by atoms with van der Waals surface area (Å²) < 4.78 is 22.6. The molecule has 0 spiro atoms. The summed E-state index contributed by atoms with van der Waals surface area (Å²) in [5.41, 5.74) is 0.182. The highest BCUT2D eigenvalue weighted by Gasteiger charge is 2.62. The van der Waals surface area contributed by atoms with Crippen molar-refractivity contribution in [1.82, 2.24) is 0 Å². The van der Waals surface area contributed by atoms with Gasteiger partial charge in [-0.3, -0.25) is 0 Å². The maximum absolute atomic E-state index is 13.6. The normalized spacial score (nSPS) is 40.9. The maximum Gasteiger partial charge on any atom is 0.342 e. The number of fused-ring (bicyclic) bond motifs is 3. The molecule has 1 aromatic rings. The van der Waals surface area contributed by atoms with Crippen molar-refractivity contribution in [2.45, 2.75) is 84.2 Å². The molecular formula is C34H46O8. The predicted octanol–water partition coefficient (Wildman–Crippen LogP) is 5.11. The molecule has 10 atom stereocenters. The number of carbonyl (C=O) groups is 2. The molecule has 0 radical (unpaired) electrons. The zero-order valence-corrected chi connectivity index (χ0v) is 25.9. The average Bonchev–Trinajstić information content (AvgIpc) is 3.24. The van der Waals surface area contributed by atoms with Gasteiger partial charge in [0.05, 0.1) is 14.2 Å². The number of allylic oxidation sites excluding steroid dienone is 2. The number of methoxy groups -OCH3 is 2. The Morgan fingerprint density at radius 1 is 1.14 bits per heavy atom. The molecule has 0 aromatic heterocycles. The van der Waals surface area contributed by atoms with Gasteiger partial charge in [0.15, 0.2) is 17.6 Å². The lowest BCUT2D eigenvalue weighted by molar-refractivity contribution is -0.209. The number of carbonyl (C=O) groups excluding carboxylic acids is 2. The van der Waals surface area contributed by atoms with Gasteiger partial charge >= 0.3 is 11.9 Å². The Hall–Kier alpha value is -2.84. The minimum absolute atomic E-state index is 0.0737. The topological polar surface area (TPSA) is 112 Å². The van der Waals surface area contributed by atoms with Crippen LogP contribution in [-0.2, 0) is 14.3 Å². The van der Waals surface area contributed by atoms with Crippen molar-refractivity contribution in [3.8, 4) is 11.5 Å². The molecule has 3 aliphatic carbocycles. The Morgan fingerprint density at radius 2 is 1.86 bits per heavy atom. The van der Waals surface area contributed by atoms with Crippen molar-refractivity contribution in [1.29, 1.82) is 0 Å². The number of hydrogen-bond acceptors (Lipinski definition) is 8. The zero-order chi connectivity index (χ0) is 30.7. The summed E-state index contributed by atoms with van der Waals surface area (Å²) in [5.74, 6) is -0.489. The molecule has 1 aliphatic heterocycles. The van der Waals surface area contributed by atoms with Gasteiger partial charge in [0.1, 0.15) is 23.4 Å². The van der Waals surface area contributed by atoms with Crippen molar-refractivity contribution in [3.05, 3.63) is 47.6 Å². The number of hydrogen-bond donors (Lipinski definition) is 2. The van der Waals surface area contributed by atoms with Crippen molar-refractivity contribution in [2.75, 3.05) is 14.2 Å². The van der Waals surface area contributed by atoms with Crippen LogP contribution < -0.4 is 9.47 Å². The van der Waals surface area contributed by atoms with Gasteiger partial charge in [0.2, 0.25) is 0 Å². The van der Waals surface area contributed by atoms with Gasteiger partial charge in [-0.25, -0.2) is 9.59 Å². The van der Waals surface area contributed by atoms with Gasteiger partial charge < -0.3 is 29.2 Å². The summed E-state index contributed by atoms with van der Waals surface area (Å²) in [4.78, 5) is 26.2. The first-order valence-electron chi connectivity index (χ1n) is 15.2. The Labute approximate surface area is 249 Å². The number of cyclic esters (lactones) is 1. The van der Waals surface area contributed by atoms with Crippen LogP contribution in [0.5, 0.6) is 11.5 Å². The van der Waals surface area contributed by atoms with Gasteiger partial charge in [-0.1, -0.05) is 45.1 Å². The van der Waals surface area contributed by atoms with E-state index in [1.54, 1.807) is 25.1 Å². The Bertz CT molecular complexity index is 1280. The summed E-state index contributed by atoms with van der Waals surface area (Å²) in [6.07, 6.45) is 2.36. The first kappa shape index (κ1) is 30.6. The Kier molecular flexibility index (Phi) is 8.03. The molecule has 5 rings (SSSR count). The van der Waals surface area contributed by atoms with E-state index in [-0.39, 0.29) is 41.1 Å². The van der Waals surface area contributed by atoms with Crippen LogP contribution in [0.1, 0.15) is 70.7 Å². The first-order valence-corrected chi connectivity index (χ1v) is 15.2. The molecule has 0 bridgehead atoms. The van der Waals surface area contributed by atoms with Crippen molar-refractivity contribution in [2.24, 2.45) is 40.9 Å². The molecule has 1 saturated heterocycles. The molecule has 1 heterocycles. The quantitative estimate of drug-likeness (QED) is 0.364. The molecule has 8 nitrogen and oxygen atoms in total. The molecule has 3 fully saturated rings. The maximum atomic E-state index is 13.6. The number of esters is 2. The highest BCUT2D eigenvalue weighted by Crippen LogP contribution is 2.63. The van der Waals surface area contributed by atoms with Gasteiger partial charge in [0, 0.05) is 11.8 Å². The van der Waals surface area contributed by atoms with Crippen molar-refractivity contribution in [3.63, 3.8) is 0 Å². The standard InChI is InChI=1S/C34H46O8/c1-17(2)28-25-14-22-19(4)34(38)24(20(5)41-32(37)30(34)35)13-12-18(3)23(22)15-33(25,6)16-27(28)42-31(36)21-10-9-11-26(39-7)29(21)40-8/h9-12,17,20,22-25,27-28,30,35,38H,4,13-16H2,1-3,5-8H3/b18-12-. The van der Waals surface area contributed by atoms with Gasteiger partial charge in [0.25, 0.3) is 0 Å². The summed E-state index contributed by atoms with van der Waals surface area (Å²) in [6, 6.07) is 5.19. The second kappa shape index (κ2) is 11.0. The van der Waals surface area contributed by atoms with Crippen LogP contribution in [0.3, 0.4) is 0 Å². The summed E-state index contributed by atoms with van der Waals surface area (Å²) in [5, 5.41) is 23.1. The SMILES string of the molecule is C=C1C2CC3C(C(C)C)C(OC(=O)c4cccc(OC)c4OC)CC3(C)CC2/C(C)=C\CC2C(C)OC(=O)C(O)C12O. The minimum Gasteiger partial charge on any atom is -0.493 e. The third kappa shape index (κ3) is 4.66. The fourth-order valence-corrected chi connectivity index (χ4v) is 8.97. The van der Waals surface area contributed by atoms with E-state index in [0.29, 0.717) is 29.1 Å². The number of aliphatic hydroxyl groups excluding tert-OH is 1. The lowest BCUT2D eigenvalue weighted by Crippen LogP contribution is -2.63. The summed E-state index contributed by atoms with van der Waals surface area (Å²) >= 11 is 0. The van der Waals surface area contributed by atoms with E-state index in [1.165, 1.54) is 19.8 Å². The highest BCUT2D eigenvalue weighted by molar-refractivity contribution is 5.93. The monoisotopic (exact) mass is 582 g/mol. The van der Waals surface area contributed by atoms with Crippen LogP contribution >= 0.6 is 0 Å². The molecular weight excluding hydrogens is 536 g/mol. The second-order valence-electron chi connectivity index (χ2n) is 13.6. The molecule has 42 heavy (non-hydrogen) atoms. The van der Waals surface area contributed by atoms with Gasteiger partial charge in [-0.05, 0) is 86.3 Å². The van der Waals surface area contributed by atoms with Crippen LogP contribution in [0.15, 0.2) is 42.0 Å². The van der Waals surface area contributed by atoms with Crippen LogP contribution in [0, 0.1) is 40.9 Å². The fourth-order valence-electron chi connectivity index (χ4n) is 8.97. The Morgan fingerprint density at radius 3 is 2.50 bits per heavy atom. The summed E-state index contributed by atoms with van der Waals surface area (Å²) in [7, 11) is 3.04. The number of para-hydroxylation sites is 1. The van der Waals surface area contributed by atoms with E-state index >= 15 is 0 Å². The third-order valence-corrected chi connectivity index (χ3v) is 11.1. The average molecular weight is 583 g/mol. The van der Waals surface area contributed by atoms with E-state index in [9.17, 15) is 19.8 Å². The van der Waals surface area contributed by atoms with Crippen LogP contribution in [0.4, 0.5) is 0 Å². The van der Waals surface area contributed by atoms with Crippen LogP contribution in [0.25, 0.3) is 0 Å². The molecule has 1 aromatic carbocycles. The van der Waals surface area contributed by atoms with Gasteiger partial charge in [-0.15, -0.1) is 0 Å². The molecule has 4 aliphatic rings. The number of rotatable bonds is 5. The molecule has 2 saturated carbocycles. The van der Waals surface area contributed by atoms with Gasteiger partial charge in [-0.2, -0.15) is 0 Å². The highest BCUT2D eigenvalue weighted by atomic mass is 16.6. The van der Waals surface area contributed by atoms with E-state index in [1.807, 2.05) is 0 Å². The fraction of sp³-hybridized carbons (Fsp3) is 0.647. The number of benzene rings is 1.